The molecule has 2 N–H and O–H groups in total. The van der Waals surface area contributed by atoms with Crippen LogP contribution in [0.3, 0.4) is 0 Å². The van der Waals surface area contributed by atoms with E-state index < -0.39 is 0 Å². The van der Waals surface area contributed by atoms with Crippen molar-refractivity contribution < 1.29 is 9.21 Å². The average molecular weight is 386 g/mol. The SMILES string of the molecule is Cc1cc(Br)ccc1Nc1ccnc(C(=O)NCc2ccco2)c1. The van der Waals surface area contributed by atoms with E-state index in [2.05, 4.69) is 31.5 Å². The number of nitrogens with zero attached hydrogens (tertiary/aromatic N) is 1. The number of rotatable bonds is 5. The van der Waals surface area contributed by atoms with Crippen LogP contribution >= 0.6 is 15.9 Å². The summed E-state index contributed by atoms with van der Waals surface area (Å²) in [5.41, 5.74) is 3.23. The monoisotopic (exact) mass is 385 g/mol. The van der Waals surface area contributed by atoms with E-state index in [-0.39, 0.29) is 5.91 Å². The van der Waals surface area contributed by atoms with E-state index in [0.717, 1.165) is 21.4 Å². The summed E-state index contributed by atoms with van der Waals surface area (Å²) in [7, 11) is 0. The predicted molar refractivity (Wildman–Crippen MR) is 96.3 cm³/mol. The van der Waals surface area contributed by atoms with E-state index in [1.165, 1.54) is 0 Å². The van der Waals surface area contributed by atoms with Crippen molar-refractivity contribution in [1.29, 1.82) is 0 Å². The molecule has 0 spiro atoms. The molecule has 24 heavy (non-hydrogen) atoms. The second-order valence-corrected chi connectivity index (χ2v) is 6.19. The molecule has 0 saturated heterocycles. The van der Waals surface area contributed by atoms with Crippen molar-refractivity contribution in [2.24, 2.45) is 0 Å². The number of benzene rings is 1. The molecule has 6 heteroatoms. The van der Waals surface area contributed by atoms with Gasteiger partial charge in [0.25, 0.3) is 5.91 Å². The molecule has 0 aliphatic heterocycles. The van der Waals surface area contributed by atoms with E-state index in [0.29, 0.717) is 18.0 Å². The molecule has 5 nitrogen and oxygen atoms in total. The fraction of sp³-hybridized carbons (Fsp3) is 0.111. The molecule has 1 amide bonds. The molecular formula is C18H16BrN3O2. The summed E-state index contributed by atoms with van der Waals surface area (Å²) >= 11 is 3.45. The van der Waals surface area contributed by atoms with Gasteiger partial charge in [-0.3, -0.25) is 9.78 Å². The minimum atomic E-state index is -0.248. The molecule has 0 atom stereocenters. The maximum Gasteiger partial charge on any atom is 0.270 e. The number of hydrogen-bond acceptors (Lipinski definition) is 4. The highest BCUT2D eigenvalue weighted by molar-refractivity contribution is 9.10. The molecule has 2 aromatic heterocycles. The van der Waals surface area contributed by atoms with Crippen LogP contribution in [-0.2, 0) is 6.54 Å². The molecule has 3 rings (SSSR count). The Kier molecular flexibility index (Phi) is 4.96. The van der Waals surface area contributed by atoms with Crippen LogP contribution in [-0.4, -0.2) is 10.9 Å². The Balaban J connectivity index is 1.70. The molecule has 0 radical (unpaired) electrons. The molecular weight excluding hydrogens is 370 g/mol. The summed E-state index contributed by atoms with van der Waals surface area (Å²) in [5.74, 6) is 0.450. The summed E-state index contributed by atoms with van der Waals surface area (Å²) in [4.78, 5) is 16.3. The van der Waals surface area contributed by atoms with Crippen LogP contribution in [0.5, 0.6) is 0 Å². The zero-order chi connectivity index (χ0) is 16.9. The van der Waals surface area contributed by atoms with Crippen LogP contribution in [0.1, 0.15) is 21.8 Å². The molecule has 122 valence electrons. The third kappa shape index (κ3) is 4.02. The van der Waals surface area contributed by atoms with Gasteiger partial charge in [-0.2, -0.15) is 0 Å². The molecule has 1 aromatic carbocycles. The lowest BCUT2D eigenvalue weighted by molar-refractivity contribution is 0.0943. The number of aromatic nitrogens is 1. The van der Waals surface area contributed by atoms with Gasteiger partial charge in [-0.25, -0.2) is 0 Å². The number of hydrogen-bond donors (Lipinski definition) is 2. The van der Waals surface area contributed by atoms with E-state index in [4.69, 9.17) is 4.42 Å². The molecule has 0 bridgehead atoms. The number of aryl methyl sites for hydroxylation is 1. The maximum absolute atomic E-state index is 12.2. The van der Waals surface area contributed by atoms with Crippen molar-refractivity contribution in [3.05, 3.63) is 76.4 Å². The van der Waals surface area contributed by atoms with Crippen molar-refractivity contribution in [3.63, 3.8) is 0 Å². The summed E-state index contributed by atoms with van der Waals surface area (Å²) < 4.78 is 6.22. The maximum atomic E-state index is 12.2. The fourth-order valence-electron chi connectivity index (χ4n) is 2.23. The Labute approximate surface area is 148 Å². The minimum Gasteiger partial charge on any atom is -0.467 e. The van der Waals surface area contributed by atoms with Gasteiger partial charge in [0.05, 0.1) is 12.8 Å². The number of anilines is 2. The largest absolute Gasteiger partial charge is 0.467 e. The van der Waals surface area contributed by atoms with E-state index in [1.54, 1.807) is 24.6 Å². The Hall–Kier alpha value is -2.60. The number of amides is 1. The third-order valence-electron chi connectivity index (χ3n) is 3.46. The normalized spacial score (nSPS) is 10.4. The van der Waals surface area contributed by atoms with Crippen LogP contribution < -0.4 is 10.6 Å². The molecule has 0 unspecified atom stereocenters. The van der Waals surface area contributed by atoms with Crippen molar-refractivity contribution >= 4 is 33.2 Å². The van der Waals surface area contributed by atoms with Gasteiger partial charge in [0, 0.05) is 22.0 Å². The Morgan fingerprint density at radius 1 is 1.25 bits per heavy atom. The van der Waals surface area contributed by atoms with Crippen molar-refractivity contribution in [1.82, 2.24) is 10.3 Å². The Morgan fingerprint density at radius 2 is 2.12 bits per heavy atom. The number of pyridine rings is 1. The van der Waals surface area contributed by atoms with Crippen molar-refractivity contribution in [3.8, 4) is 0 Å². The first-order valence-electron chi connectivity index (χ1n) is 7.41. The first-order chi connectivity index (χ1) is 11.6. The topological polar surface area (TPSA) is 67.2 Å². The quantitative estimate of drug-likeness (QED) is 0.681. The first kappa shape index (κ1) is 16.3. The zero-order valence-corrected chi connectivity index (χ0v) is 14.6. The smallest absolute Gasteiger partial charge is 0.270 e. The molecule has 0 aliphatic rings. The van der Waals surface area contributed by atoms with Crippen molar-refractivity contribution in [2.45, 2.75) is 13.5 Å². The van der Waals surface area contributed by atoms with Gasteiger partial charge < -0.3 is 15.1 Å². The summed E-state index contributed by atoms with van der Waals surface area (Å²) in [6, 6.07) is 13.1. The van der Waals surface area contributed by atoms with E-state index in [1.807, 2.05) is 37.3 Å². The number of halogens is 1. The lowest BCUT2D eigenvalue weighted by Crippen LogP contribution is -2.23. The number of carbonyl (C=O) groups is 1. The van der Waals surface area contributed by atoms with Gasteiger partial charge in [0.2, 0.25) is 0 Å². The van der Waals surface area contributed by atoms with E-state index in [9.17, 15) is 4.79 Å². The average Bonchev–Trinajstić information content (AvgIpc) is 3.09. The number of furan rings is 1. The second kappa shape index (κ2) is 7.31. The van der Waals surface area contributed by atoms with Gasteiger partial charge >= 0.3 is 0 Å². The van der Waals surface area contributed by atoms with Crippen LogP contribution in [0.4, 0.5) is 11.4 Å². The summed E-state index contributed by atoms with van der Waals surface area (Å²) in [6.07, 6.45) is 3.18. The van der Waals surface area contributed by atoms with Crippen molar-refractivity contribution in [2.75, 3.05) is 5.32 Å². The fourth-order valence-corrected chi connectivity index (χ4v) is 2.70. The van der Waals surface area contributed by atoms with Gasteiger partial charge in [-0.1, -0.05) is 15.9 Å². The molecule has 0 saturated carbocycles. The summed E-state index contributed by atoms with van der Waals surface area (Å²) in [5, 5.41) is 6.09. The highest BCUT2D eigenvalue weighted by Gasteiger charge is 2.09. The summed E-state index contributed by atoms with van der Waals surface area (Å²) in [6.45, 7) is 2.35. The van der Waals surface area contributed by atoms with E-state index >= 15 is 0 Å². The van der Waals surface area contributed by atoms with Crippen LogP contribution in [0.2, 0.25) is 0 Å². The molecule has 2 heterocycles. The number of carbonyl (C=O) groups excluding carboxylic acids is 1. The molecule has 3 aromatic rings. The lowest BCUT2D eigenvalue weighted by Gasteiger charge is -2.11. The van der Waals surface area contributed by atoms with Crippen LogP contribution in [0.15, 0.2) is 63.8 Å². The first-order valence-corrected chi connectivity index (χ1v) is 8.21. The van der Waals surface area contributed by atoms with Crippen LogP contribution in [0.25, 0.3) is 0 Å². The zero-order valence-electron chi connectivity index (χ0n) is 13.0. The molecule has 0 fully saturated rings. The lowest BCUT2D eigenvalue weighted by atomic mass is 10.2. The highest BCUT2D eigenvalue weighted by Crippen LogP contribution is 2.23. The predicted octanol–water partition coefficient (Wildman–Crippen LogP) is 4.42. The minimum absolute atomic E-state index is 0.248. The van der Waals surface area contributed by atoms with Gasteiger partial charge in [0.15, 0.2) is 0 Å². The second-order valence-electron chi connectivity index (χ2n) is 5.28. The molecule has 0 aliphatic carbocycles. The van der Waals surface area contributed by atoms with Gasteiger partial charge in [-0.15, -0.1) is 0 Å². The standard InChI is InChI=1S/C18H16BrN3O2/c1-12-9-13(19)4-5-16(12)22-14-6-7-20-17(10-14)18(23)21-11-15-3-2-8-24-15/h2-10H,11H2,1H3,(H,20,22)(H,21,23). The highest BCUT2D eigenvalue weighted by atomic mass is 79.9. The number of nitrogens with one attached hydrogen (secondary N) is 2. The third-order valence-corrected chi connectivity index (χ3v) is 3.96. The van der Waals surface area contributed by atoms with Gasteiger partial charge in [0.1, 0.15) is 11.5 Å². The van der Waals surface area contributed by atoms with Crippen LogP contribution in [0, 0.1) is 6.92 Å². The Morgan fingerprint density at radius 3 is 2.88 bits per heavy atom. The Bertz CT molecular complexity index is 847. The van der Waals surface area contributed by atoms with Gasteiger partial charge in [-0.05, 0) is 55.0 Å².